The van der Waals surface area contributed by atoms with Gasteiger partial charge >= 0.3 is 0 Å². The molecule has 5 heteroatoms. The van der Waals surface area contributed by atoms with Gasteiger partial charge in [-0.2, -0.15) is 5.10 Å². The zero-order chi connectivity index (χ0) is 19.3. The zero-order valence-corrected chi connectivity index (χ0v) is 17.0. The molecule has 0 fully saturated rings. The highest BCUT2D eigenvalue weighted by Crippen LogP contribution is 2.30. The highest BCUT2D eigenvalue weighted by atomic mass is 15.4. The van der Waals surface area contributed by atoms with Gasteiger partial charge in [0.05, 0.1) is 23.3 Å². The van der Waals surface area contributed by atoms with Gasteiger partial charge < -0.3 is 0 Å². The van der Waals surface area contributed by atoms with Crippen molar-refractivity contribution in [2.24, 2.45) is 7.05 Å². The number of aryl methyl sites for hydroxylation is 2. The van der Waals surface area contributed by atoms with Crippen LogP contribution >= 0.6 is 0 Å². The maximum absolute atomic E-state index is 4.54. The minimum absolute atomic E-state index is 0.0796. The molecule has 0 saturated carbocycles. The summed E-state index contributed by atoms with van der Waals surface area (Å²) in [6.07, 6.45) is 0. The molecule has 2 heterocycles. The first-order valence-corrected chi connectivity index (χ1v) is 9.53. The van der Waals surface area contributed by atoms with Gasteiger partial charge in [0.15, 0.2) is 0 Å². The van der Waals surface area contributed by atoms with Gasteiger partial charge in [0, 0.05) is 17.8 Å². The molecule has 0 aliphatic rings. The summed E-state index contributed by atoms with van der Waals surface area (Å²) in [7, 11) is 2.00. The lowest BCUT2D eigenvalue weighted by molar-refractivity contribution is 0.410. The topological polar surface area (TPSA) is 48.5 Å². The van der Waals surface area contributed by atoms with Crippen LogP contribution in [0.15, 0.2) is 36.4 Å². The van der Waals surface area contributed by atoms with E-state index in [-0.39, 0.29) is 5.41 Å². The van der Waals surface area contributed by atoms with Crippen LogP contribution in [0.1, 0.15) is 50.4 Å². The summed E-state index contributed by atoms with van der Waals surface area (Å²) in [5.74, 6) is 0.491. The van der Waals surface area contributed by atoms with E-state index in [0.29, 0.717) is 5.92 Å². The van der Waals surface area contributed by atoms with Crippen LogP contribution in [-0.4, -0.2) is 24.8 Å². The second-order valence-corrected chi connectivity index (χ2v) is 8.47. The number of hydrogen-bond donors (Lipinski definition) is 0. The number of aromatic nitrogens is 5. The molecule has 0 aliphatic heterocycles. The van der Waals surface area contributed by atoms with E-state index < -0.39 is 0 Å². The summed E-state index contributed by atoms with van der Waals surface area (Å²) in [5, 5.41) is 14.6. The fourth-order valence-electron chi connectivity index (χ4n) is 3.79. The molecular formula is C22H27N5. The average molecular weight is 361 g/mol. The smallest absolute Gasteiger partial charge is 0.113 e. The zero-order valence-electron chi connectivity index (χ0n) is 17.0. The fraction of sp³-hybridized carbons (Fsp3) is 0.409. The van der Waals surface area contributed by atoms with E-state index in [0.717, 1.165) is 23.3 Å². The molecule has 27 heavy (non-hydrogen) atoms. The first kappa shape index (κ1) is 17.7. The lowest BCUT2D eigenvalue weighted by atomic mass is 9.84. The van der Waals surface area contributed by atoms with Crippen molar-refractivity contribution in [2.75, 3.05) is 0 Å². The Morgan fingerprint density at radius 1 is 1.04 bits per heavy atom. The molecule has 4 rings (SSSR count). The van der Waals surface area contributed by atoms with E-state index in [4.69, 9.17) is 0 Å². The molecule has 0 atom stereocenters. The van der Waals surface area contributed by atoms with Crippen molar-refractivity contribution in [3.05, 3.63) is 53.2 Å². The van der Waals surface area contributed by atoms with Gasteiger partial charge in [0.1, 0.15) is 5.52 Å². The summed E-state index contributed by atoms with van der Waals surface area (Å²) in [6.45, 7) is 11.7. The molecule has 0 bridgehead atoms. The number of nitrogens with zero attached hydrogens (tertiary/aromatic N) is 5. The van der Waals surface area contributed by atoms with E-state index in [1.54, 1.807) is 0 Å². The van der Waals surface area contributed by atoms with Crippen LogP contribution in [0.4, 0.5) is 0 Å². The lowest BCUT2D eigenvalue weighted by Crippen LogP contribution is -2.25. The van der Waals surface area contributed by atoms with E-state index in [1.807, 2.05) is 16.4 Å². The maximum atomic E-state index is 4.54. The Morgan fingerprint density at radius 3 is 2.56 bits per heavy atom. The Balaban J connectivity index is 1.71. The van der Waals surface area contributed by atoms with Gasteiger partial charge in [0.2, 0.25) is 0 Å². The van der Waals surface area contributed by atoms with Crippen LogP contribution < -0.4 is 0 Å². The molecule has 0 N–H and O–H groups in total. The van der Waals surface area contributed by atoms with Gasteiger partial charge in [-0.05, 0) is 42.2 Å². The van der Waals surface area contributed by atoms with Crippen molar-refractivity contribution in [3.63, 3.8) is 0 Å². The van der Waals surface area contributed by atoms with Gasteiger partial charge in [-0.3, -0.25) is 4.68 Å². The van der Waals surface area contributed by atoms with Crippen molar-refractivity contribution in [1.82, 2.24) is 24.8 Å². The second kappa shape index (κ2) is 6.19. The largest absolute Gasteiger partial charge is 0.268 e. The van der Waals surface area contributed by atoms with Crippen LogP contribution in [0.5, 0.6) is 0 Å². The summed E-state index contributed by atoms with van der Waals surface area (Å²) in [4.78, 5) is 0. The minimum atomic E-state index is -0.0796. The predicted molar refractivity (Wildman–Crippen MR) is 110 cm³/mol. The van der Waals surface area contributed by atoms with Gasteiger partial charge in [-0.15, -0.1) is 5.10 Å². The highest BCUT2D eigenvalue weighted by Gasteiger charge is 2.24. The van der Waals surface area contributed by atoms with E-state index >= 15 is 0 Å². The molecule has 140 valence electrons. The molecule has 0 radical (unpaired) electrons. The SMILES string of the molecule is Cc1nn(C)c2cc(C(C)(C)Cn3nnc4cc(C(C)C)ccc43)ccc12. The molecule has 2 aromatic carbocycles. The summed E-state index contributed by atoms with van der Waals surface area (Å²) in [5.41, 5.74) is 6.79. The number of hydrogen-bond acceptors (Lipinski definition) is 3. The Bertz CT molecular complexity index is 1130. The van der Waals surface area contributed by atoms with E-state index in [9.17, 15) is 0 Å². The van der Waals surface area contributed by atoms with Crippen molar-refractivity contribution in [2.45, 2.75) is 52.5 Å². The van der Waals surface area contributed by atoms with Crippen LogP contribution in [0.2, 0.25) is 0 Å². The minimum Gasteiger partial charge on any atom is -0.268 e. The fourth-order valence-corrected chi connectivity index (χ4v) is 3.79. The highest BCUT2D eigenvalue weighted by molar-refractivity contribution is 5.82. The van der Waals surface area contributed by atoms with Crippen LogP contribution in [0, 0.1) is 6.92 Å². The van der Waals surface area contributed by atoms with Crippen molar-refractivity contribution in [3.8, 4) is 0 Å². The Hall–Kier alpha value is -2.69. The molecule has 4 aromatic rings. The van der Waals surface area contributed by atoms with Crippen molar-refractivity contribution < 1.29 is 0 Å². The van der Waals surface area contributed by atoms with Crippen LogP contribution in [0.25, 0.3) is 21.9 Å². The summed E-state index contributed by atoms with van der Waals surface area (Å²) < 4.78 is 3.99. The number of fused-ring (bicyclic) bond motifs is 2. The Labute approximate surface area is 160 Å². The maximum Gasteiger partial charge on any atom is 0.113 e. The van der Waals surface area contributed by atoms with Crippen molar-refractivity contribution in [1.29, 1.82) is 0 Å². The van der Waals surface area contributed by atoms with Gasteiger partial charge in [-0.1, -0.05) is 51.1 Å². The quantitative estimate of drug-likeness (QED) is 0.528. The van der Waals surface area contributed by atoms with Crippen molar-refractivity contribution >= 4 is 21.9 Å². The molecular weight excluding hydrogens is 334 g/mol. The number of rotatable bonds is 4. The normalized spacial score (nSPS) is 12.6. The molecule has 0 unspecified atom stereocenters. The van der Waals surface area contributed by atoms with E-state index in [1.165, 1.54) is 22.0 Å². The third-order valence-electron chi connectivity index (χ3n) is 5.57. The molecule has 5 nitrogen and oxygen atoms in total. The van der Waals surface area contributed by atoms with E-state index in [2.05, 4.69) is 86.4 Å². The summed E-state index contributed by atoms with van der Waals surface area (Å²) >= 11 is 0. The van der Waals surface area contributed by atoms with Gasteiger partial charge in [0.25, 0.3) is 0 Å². The lowest BCUT2D eigenvalue weighted by Gasteiger charge is -2.25. The third kappa shape index (κ3) is 3.01. The second-order valence-electron chi connectivity index (χ2n) is 8.47. The first-order chi connectivity index (χ1) is 12.8. The monoisotopic (exact) mass is 361 g/mol. The van der Waals surface area contributed by atoms with Gasteiger partial charge in [-0.25, -0.2) is 4.68 Å². The van der Waals surface area contributed by atoms with Crippen LogP contribution in [-0.2, 0) is 19.0 Å². The third-order valence-corrected chi connectivity index (χ3v) is 5.57. The molecule has 0 amide bonds. The standard InChI is InChI=1S/C22H27N5/c1-14(2)16-7-10-20-19(11-16)23-25-27(20)13-22(4,5)17-8-9-18-15(3)24-26(6)21(18)12-17/h7-12,14H,13H2,1-6H3. The summed E-state index contributed by atoms with van der Waals surface area (Å²) in [6, 6.07) is 13.1. The average Bonchev–Trinajstić information content (AvgIpc) is 3.15. The number of benzene rings is 2. The molecule has 2 aromatic heterocycles. The Kier molecular flexibility index (Phi) is 4.06. The molecule has 0 aliphatic carbocycles. The Morgan fingerprint density at radius 2 is 1.81 bits per heavy atom. The first-order valence-electron chi connectivity index (χ1n) is 9.53. The predicted octanol–water partition coefficient (Wildman–Crippen LogP) is 4.73. The molecule has 0 saturated heterocycles. The van der Waals surface area contributed by atoms with Crippen LogP contribution in [0.3, 0.4) is 0 Å². The molecule has 0 spiro atoms.